The summed E-state index contributed by atoms with van der Waals surface area (Å²) >= 11 is 0. The zero-order chi connectivity index (χ0) is 13.1. The smallest absolute Gasteiger partial charge is 0.110 e. The number of aliphatic hydroxyl groups is 4. The van der Waals surface area contributed by atoms with Crippen molar-refractivity contribution in [1.82, 2.24) is 4.90 Å². The van der Waals surface area contributed by atoms with E-state index in [4.69, 9.17) is 0 Å². The molecule has 1 aromatic carbocycles. The molecule has 1 aromatic rings. The molecule has 0 unspecified atom stereocenters. The molecule has 1 aliphatic rings. The van der Waals surface area contributed by atoms with E-state index in [0.717, 1.165) is 5.56 Å². The van der Waals surface area contributed by atoms with Gasteiger partial charge in [-0.25, -0.2) is 0 Å². The van der Waals surface area contributed by atoms with Crippen LogP contribution in [0, 0.1) is 0 Å². The van der Waals surface area contributed by atoms with Gasteiger partial charge in [0.15, 0.2) is 0 Å². The summed E-state index contributed by atoms with van der Waals surface area (Å²) in [4.78, 5) is 1.82. The van der Waals surface area contributed by atoms with Crippen molar-refractivity contribution in [3.8, 4) is 0 Å². The lowest BCUT2D eigenvalue weighted by atomic mass is 10.1. The SMILES string of the molecule is O[C@H]1[C@H](O)[C@@H](O)CN(Cc2ccccc2)C[C@H]1O. The Labute approximate surface area is 106 Å². The average molecular weight is 253 g/mol. The second kappa shape index (κ2) is 5.77. The number of aliphatic hydroxyl groups excluding tert-OH is 4. The van der Waals surface area contributed by atoms with Gasteiger partial charge in [-0.2, -0.15) is 0 Å². The summed E-state index contributed by atoms with van der Waals surface area (Å²) < 4.78 is 0. The van der Waals surface area contributed by atoms with Crippen LogP contribution in [0.25, 0.3) is 0 Å². The number of hydrogen-bond donors (Lipinski definition) is 4. The van der Waals surface area contributed by atoms with Gasteiger partial charge in [0.1, 0.15) is 12.2 Å². The van der Waals surface area contributed by atoms with E-state index in [2.05, 4.69) is 0 Å². The molecule has 4 N–H and O–H groups in total. The van der Waals surface area contributed by atoms with E-state index in [1.807, 2.05) is 35.2 Å². The van der Waals surface area contributed by atoms with Crippen LogP contribution in [0.3, 0.4) is 0 Å². The van der Waals surface area contributed by atoms with Crippen molar-refractivity contribution in [3.05, 3.63) is 35.9 Å². The molecule has 0 radical (unpaired) electrons. The van der Waals surface area contributed by atoms with Gasteiger partial charge in [0.2, 0.25) is 0 Å². The maximum Gasteiger partial charge on any atom is 0.110 e. The van der Waals surface area contributed by atoms with E-state index in [9.17, 15) is 20.4 Å². The molecule has 0 aliphatic carbocycles. The van der Waals surface area contributed by atoms with Crippen molar-refractivity contribution >= 4 is 0 Å². The van der Waals surface area contributed by atoms with E-state index in [1.165, 1.54) is 0 Å². The summed E-state index contributed by atoms with van der Waals surface area (Å²) in [6.07, 6.45) is -4.72. The molecule has 0 saturated carbocycles. The predicted octanol–water partition coefficient (Wildman–Crippen LogP) is -1.05. The number of hydrogen-bond acceptors (Lipinski definition) is 5. The van der Waals surface area contributed by atoms with Gasteiger partial charge >= 0.3 is 0 Å². The van der Waals surface area contributed by atoms with Gasteiger partial charge in [-0.1, -0.05) is 30.3 Å². The van der Waals surface area contributed by atoms with E-state index in [0.29, 0.717) is 6.54 Å². The summed E-state index contributed by atoms with van der Waals surface area (Å²) in [5, 5.41) is 38.7. The molecule has 2 rings (SSSR count). The van der Waals surface area contributed by atoms with Crippen molar-refractivity contribution in [3.63, 3.8) is 0 Å². The van der Waals surface area contributed by atoms with Crippen LogP contribution in [0.15, 0.2) is 30.3 Å². The fourth-order valence-corrected chi connectivity index (χ4v) is 2.25. The fraction of sp³-hybridized carbons (Fsp3) is 0.538. The molecule has 0 amide bonds. The molecule has 5 heteroatoms. The van der Waals surface area contributed by atoms with E-state index in [1.54, 1.807) is 0 Å². The maximum atomic E-state index is 9.73. The first-order valence-corrected chi connectivity index (χ1v) is 6.06. The normalized spacial score (nSPS) is 34.2. The van der Waals surface area contributed by atoms with Crippen LogP contribution in [-0.4, -0.2) is 62.8 Å². The van der Waals surface area contributed by atoms with Crippen molar-refractivity contribution in [1.29, 1.82) is 0 Å². The Morgan fingerprint density at radius 2 is 1.39 bits per heavy atom. The van der Waals surface area contributed by atoms with Crippen LogP contribution >= 0.6 is 0 Å². The molecule has 4 atom stereocenters. The average Bonchev–Trinajstić information content (AvgIpc) is 2.44. The molecule has 0 aromatic heterocycles. The van der Waals surface area contributed by atoms with Crippen molar-refractivity contribution < 1.29 is 20.4 Å². The van der Waals surface area contributed by atoms with Crippen LogP contribution in [0.5, 0.6) is 0 Å². The minimum absolute atomic E-state index is 0.226. The first-order valence-electron chi connectivity index (χ1n) is 6.06. The molecule has 18 heavy (non-hydrogen) atoms. The van der Waals surface area contributed by atoms with Crippen LogP contribution in [0.1, 0.15) is 5.56 Å². The zero-order valence-corrected chi connectivity index (χ0v) is 10.1. The third-order valence-electron chi connectivity index (χ3n) is 3.28. The van der Waals surface area contributed by atoms with Gasteiger partial charge in [-0.15, -0.1) is 0 Å². The Morgan fingerprint density at radius 3 is 1.89 bits per heavy atom. The first-order chi connectivity index (χ1) is 8.58. The number of β-amino-alcohol motifs (C(OH)–C–C–N with tert-alkyl or cyclic N) is 2. The van der Waals surface area contributed by atoms with Gasteiger partial charge in [-0.3, -0.25) is 4.90 Å². The third kappa shape index (κ3) is 3.07. The largest absolute Gasteiger partial charge is 0.389 e. The predicted molar refractivity (Wildman–Crippen MR) is 65.7 cm³/mol. The summed E-state index contributed by atoms with van der Waals surface area (Å²) in [7, 11) is 0. The van der Waals surface area contributed by atoms with E-state index < -0.39 is 24.4 Å². The lowest BCUT2D eigenvalue weighted by Gasteiger charge is -2.23. The van der Waals surface area contributed by atoms with Crippen LogP contribution in [0.2, 0.25) is 0 Å². The quantitative estimate of drug-likeness (QED) is 0.540. The van der Waals surface area contributed by atoms with Crippen molar-refractivity contribution in [2.45, 2.75) is 31.0 Å². The summed E-state index contributed by atoms with van der Waals surface area (Å²) in [5.74, 6) is 0. The van der Waals surface area contributed by atoms with Gasteiger partial charge in [0.25, 0.3) is 0 Å². The minimum atomic E-state index is -1.30. The second-order valence-electron chi connectivity index (χ2n) is 4.80. The minimum Gasteiger partial charge on any atom is -0.389 e. The molecule has 0 spiro atoms. The van der Waals surface area contributed by atoms with Crippen molar-refractivity contribution in [2.75, 3.05) is 13.1 Å². The Hall–Kier alpha value is -0.980. The van der Waals surface area contributed by atoms with Crippen LogP contribution in [0.4, 0.5) is 0 Å². The zero-order valence-electron chi connectivity index (χ0n) is 10.1. The molecule has 1 fully saturated rings. The maximum absolute atomic E-state index is 9.73. The number of likely N-dealkylation sites (tertiary alicyclic amines) is 1. The van der Waals surface area contributed by atoms with Gasteiger partial charge < -0.3 is 20.4 Å². The third-order valence-corrected chi connectivity index (χ3v) is 3.28. The Balaban J connectivity index is 2.05. The molecule has 0 bridgehead atoms. The van der Waals surface area contributed by atoms with E-state index >= 15 is 0 Å². The lowest BCUT2D eigenvalue weighted by Crippen LogP contribution is -2.43. The highest BCUT2D eigenvalue weighted by Gasteiger charge is 2.36. The lowest BCUT2D eigenvalue weighted by molar-refractivity contribution is -0.0894. The molecule has 1 aliphatic heterocycles. The molecule has 1 heterocycles. The highest BCUT2D eigenvalue weighted by atomic mass is 16.4. The fourth-order valence-electron chi connectivity index (χ4n) is 2.25. The first kappa shape index (κ1) is 13.5. The molecule has 1 saturated heterocycles. The van der Waals surface area contributed by atoms with Crippen LogP contribution in [-0.2, 0) is 6.54 Å². The standard InChI is InChI=1S/C13H19NO4/c15-10-7-14(6-9-4-2-1-3-5-9)8-11(16)13(18)12(10)17/h1-5,10-13,15-18H,6-8H2/t10-,11+,12-,13-/m1/s1. The molecular weight excluding hydrogens is 234 g/mol. The summed E-state index contributed by atoms with van der Waals surface area (Å²) in [5.41, 5.74) is 1.06. The summed E-state index contributed by atoms with van der Waals surface area (Å²) in [6, 6.07) is 9.67. The topological polar surface area (TPSA) is 84.2 Å². The monoisotopic (exact) mass is 253 g/mol. The Kier molecular flexibility index (Phi) is 4.31. The number of nitrogens with zero attached hydrogens (tertiary/aromatic N) is 1. The summed E-state index contributed by atoms with van der Waals surface area (Å²) in [6.45, 7) is 1.02. The Bertz CT molecular complexity index is 357. The molecule has 100 valence electrons. The van der Waals surface area contributed by atoms with Gasteiger partial charge in [0.05, 0.1) is 12.2 Å². The van der Waals surface area contributed by atoms with Crippen molar-refractivity contribution in [2.24, 2.45) is 0 Å². The van der Waals surface area contributed by atoms with Gasteiger partial charge in [0, 0.05) is 19.6 Å². The van der Waals surface area contributed by atoms with Crippen LogP contribution < -0.4 is 0 Å². The molecular formula is C13H19NO4. The number of benzene rings is 1. The molecule has 5 nitrogen and oxygen atoms in total. The highest BCUT2D eigenvalue weighted by Crippen LogP contribution is 2.15. The van der Waals surface area contributed by atoms with Gasteiger partial charge in [-0.05, 0) is 5.56 Å². The Morgan fingerprint density at radius 1 is 0.889 bits per heavy atom. The second-order valence-corrected chi connectivity index (χ2v) is 4.80. The van der Waals surface area contributed by atoms with E-state index in [-0.39, 0.29) is 13.1 Å². The highest BCUT2D eigenvalue weighted by molar-refractivity contribution is 5.14. The number of rotatable bonds is 2.